The Morgan fingerprint density at radius 2 is 2.60 bits per heavy atom. The third-order valence-corrected chi connectivity index (χ3v) is 1.30. The van der Waals surface area contributed by atoms with Crippen molar-refractivity contribution in [1.29, 1.82) is 0 Å². The van der Waals surface area contributed by atoms with Gasteiger partial charge < -0.3 is 10.1 Å². The molecule has 0 aromatic heterocycles. The summed E-state index contributed by atoms with van der Waals surface area (Å²) in [6.07, 6.45) is 0.00579. The lowest BCUT2D eigenvalue weighted by molar-refractivity contribution is -0.120. The lowest BCUT2D eigenvalue weighted by Crippen LogP contribution is -2.51. The quantitative estimate of drug-likeness (QED) is 0.500. The van der Waals surface area contributed by atoms with Crippen LogP contribution in [0.3, 0.4) is 0 Å². The molecule has 10 heavy (non-hydrogen) atoms. The first-order valence-corrected chi connectivity index (χ1v) is 3.37. The average molecular weight is 144 g/mol. The fourth-order valence-electron chi connectivity index (χ4n) is 0.903. The number of rotatable bonds is 1. The van der Waals surface area contributed by atoms with Crippen LogP contribution in [0, 0.1) is 0 Å². The van der Waals surface area contributed by atoms with Crippen LogP contribution in [0.4, 0.5) is 0 Å². The second-order valence-corrected chi connectivity index (χ2v) is 2.28. The Hall–Kier alpha value is -0.610. The van der Waals surface area contributed by atoms with Gasteiger partial charge in [0.15, 0.2) is 0 Å². The Bertz CT molecular complexity index is 121. The predicted octanol–water partition coefficient (Wildman–Crippen LogP) is -0.932. The molecular weight excluding hydrogens is 132 g/mol. The van der Waals surface area contributed by atoms with Gasteiger partial charge in [0.25, 0.3) is 0 Å². The van der Waals surface area contributed by atoms with E-state index in [1.54, 1.807) is 0 Å². The molecule has 0 aromatic rings. The summed E-state index contributed by atoms with van der Waals surface area (Å²) in [5.41, 5.74) is 0. The van der Waals surface area contributed by atoms with E-state index in [2.05, 4.69) is 10.6 Å². The van der Waals surface area contributed by atoms with Crippen LogP contribution in [0.5, 0.6) is 0 Å². The van der Waals surface area contributed by atoms with Crippen molar-refractivity contribution in [3.63, 3.8) is 0 Å². The Kier molecular flexibility index (Phi) is 2.65. The second kappa shape index (κ2) is 3.53. The van der Waals surface area contributed by atoms with Crippen molar-refractivity contribution in [2.75, 3.05) is 19.8 Å². The third-order valence-electron chi connectivity index (χ3n) is 1.30. The maximum absolute atomic E-state index is 10.5. The number of amides is 1. The van der Waals surface area contributed by atoms with E-state index in [-0.39, 0.29) is 12.1 Å². The number of carbonyl (C=O) groups excluding carboxylic acids is 1. The zero-order valence-corrected chi connectivity index (χ0v) is 6.02. The van der Waals surface area contributed by atoms with E-state index < -0.39 is 0 Å². The van der Waals surface area contributed by atoms with Gasteiger partial charge in [-0.15, -0.1) is 0 Å². The maximum atomic E-state index is 10.5. The number of hydrogen-bond acceptors (Lipinski definition) is 3. The fraction of sp³-hybridized carbons (Fsp3) is 0.833. The van der Waals surface area contributed by atoms with Crippen molar-refractivity contribution in [3.8, 4) is 0 Å². The molecule has 1 aliphatic rings. The Balaban J connectivity index is 2.19. The zero-order chi connectivity index (χ0) is 7.40. The lowest BCUT2D eigenvalue weighted by atomic mass is 10.4. The largest absolute Gasteiger partial charge is 0.377 e. The minimum absolute atomic E-state index is 0.00579. The van der Waals surface area contributed by atoms with Crippen LogP contribution < -0.4 is 10.6 Å². The van der Waals surface area contributed by atoms with Gasteiger partial charge >= 0.3 is 0 Å². The number of hydrogen-bond donors (Lipinski definition) is 2. The lowest BCUT2D eigenvalue weighted by Gasteiger charge is -2.23. The summed E-state index contributed by atoms with van der Waals surface area (Å²) in [6, 6.07) is 0. The number of ether oxygens (including phenoxy) is 1. The van der Waals surface area contributed by atoms with E-state index in [9.17, 15) is 4.79 Å². The highest BCUT2D eigenvalue weighted by Crippen LogP contribution is 1.87. The molecule has 1 heterocycles. The molecular formula is C6H12N2O2. The number of nitrogens with one attached hydrogen (secondary N) is 2. The SMILES string of the molecule is CC(=O)NC1COCCN1. The summed E-state index contributed by atoms with van der Waals surface area (Å²) in [5.74, 6) is -0.0250. The molecule has 2 N–H and O–H groups in total. The van der Waals surface area contributed by atoms with Crippen LogP contribution in [0.1, 0.15) is 6.92 Å². The van der Waals surface area contributed by atoms with E-state index in [4.69, 9.17) is 4.74 Å². The summed E-state index contributed by atoms with van der Waals surface area (Å²) >= 11 is 0. The fourth-order valence-corrected chi connectivity index (χ4v) is 0.903. The van der Waals surface area contributed by atoms with Gasteiger partial charge in [-0.1, -0.05) is 0 Å². The monoisotopic (exact) mass is 144 g/mol. The smallest absolute Gasteiger partial charge is 0.218 e. The summed E-state index contributed by atoms with van der Waals surface area (Å²) < 4.78 is 5.11. The highest BCUT2D eigenvalue weighted by molar-refractivity contribution is 5.73. The molecule has 0 aromatic carbocycles. The van der Waals surface area contributed by atoms with Crippen LogP contribution in [0.25, 0.3) is 0 Å². The van der Waals surface area contributed by atoms with Crippen molar-refractivity contribution in [2.24, 2.45) is 0 Å². The molecule has 1 fully saturated rings. The van der Waals surface area contributed by atoms with Gasteiger partial charge in [-0.05, 0) is 0 Å². The summed E-state index contributed by atoms with van der Waals surface area (Å²) in [5, 5.41) is 5.80. The van der Waals surface area contributed by atoms with Gasteiger partial charge in [-0.3, -0.25) is 10.1 Å². The molecule has 0 spiro atoms. The first-order chi connectivity index (χ1) is 4.79. The molecule has 1 saturated heterocycles. The van der Waals surface area contributed by atoms with Gasteiger partial charge in [0.1, 0.15) is 6.17 Å². The molecule has 1 atom stereocenters. The van der Waals surface area contributed by atoms with Gasteiger partial charge in [0.05, 0.1) is 13.2 Å². The van der Waals surface area contributed by atoms with Crippen LogP contribution in [-0.4, -0.2) is 31.8 Å². The Morgan fingerprint density at radius 1 is 1.80 bits per heavy atom. The third kappa shape index (κ3) is 2.33. The van der Waals surface area contributed by atoms with Crippen molar-refractivity contribution >= 4 is 5.91 Å². The Morgan fingerprint density at radius 3 is 3.10 bits per heavy atom. The molecule has 0 bridgehead atoms. The summed E-state index contributed by atoms with van der Waals surface area (Å²) in [7, 11) is 0. The van der Waals surface area contributed by atoms with Crippen molar-refractivity contribution in [1.82, 2.24) is 10.6 Å². The normalized spacial score (nSPS) is 25.9. The van der Waals surface area contributed by atoms with E-state index in [1.807, 2.05) is 0 Å². The van der Waals surface area contributed by atoms with Crippen LogP contribution in [0.15, 0.2) is 0 Å². The summed E-state index contributed by atoms with van der Waals surface area (Å²) in [4.78, 5) is 10.5. The van der Waals surface area contributed by atoms with Crippen molar-refractivity contribution < 1.29 is 9.53 Å². The maximum Gasteiger partial charge on any atom is 0.218 e. The first kappa shape index (κ1) is 7.50. The van der Waals surface area contributed by atoms with E-state index >= 15 is 0 Å². The van der Waals surface area contributed by atoms with Crippen LogP contribution in [0.2, 0.25) is 0 Å². The minimum atomic E-state index is -0.0250. The molecule has 0 saturated carbocycles. The van der Waals surface area contributed by atoms with E-state index in [0.717, 1.165) is 13.2 Å². The zero-order valence-electron chi connectivity index (χ0n) is 6.02. The van der Waals surface area contributed by atoms with Crippen molar-refractivity contribution in [2.45, 2.75) is 13.1 Å². The van der Waals surface area contributed by atoms with E-state index in [0.29, 0.717) is 6.61 Å². The topological polar surface area (TPSA) is 50.4 Å². The molecule has 1 amide bonds. The molecule has 0 aliphatic carbocycles. The van der Waals surface area contributed by atoms with Crippen molar-refractivity contribution in [3.05, 3.63) is 0 Å². The Labute approximate surface area is 59.9 Å². The number of carbonyl (C=O) groups is 1. The molecule has 1 aliphatic heterocycles. The molecule has 4 nitrogen and oxygen atoms in total. The minimum Gasteiger partial charge on any atom is -0.377 e. The van der Waals surface area contributed by atoms with Gasteiger partial charge in [0.2, 0.25) is 5.91 Å². The first-order valence-electron chi connectivity index (χ1n) is 3.37. The van der Waals surface area contributed by atoms with Gasteiger partial charge in [0, 0.05) is 13.5 Å². The molecule has 1 rings (SSSR count). The predicted molar refractivity (Wildman–Crippen MR) is 36.4 cm³/mol. The second-order valence-electron chi connectivity index (χ2n) is 2.28. The molecule has 0 radical (unpaired) electrons. The standard InChI is InChI=1S/C6H12N2O2/c1-5(9)8-6-4-10-3-2-7-6/h6-7H,2-4H2,1H3,(H,8,9). The van der Waals surface area contributed by atoms with Crippen LogP contribution >= 0.6 is 0 Å². The highest BCUT2D eigenvalue weighted by atomic mass is 16.5. The molecule has 58 valence electrons. The van der Waals surface area contributed by atoms with Crippen LogP contribution in [-0.2, 0) is 9.53 Å². The van der Waals surface area contributed by atoms with Gasteiger partial charge in [-0.2, -0.15) is 0 Å². The highest BCUT2D eigenvalue weighted by Gasteiger charge is 2.12. The van der Waals surface area contributed by atoms with E-state index in [1.165, 1.54) is 6.92 Å². The molecule has 4 heteroatoms. The number of morpholine rings is 1. The average Bonchev–Trinajstić information content (AvgIpc) is 1.88. The summed E-state index contributed by atoms with van der Waals surface area (Å²) in [6.45, 7) is 3.61. The molecule has 1 unspecified atom stereocenters. The van der Waals surface area contributed by atoms with Gasteiger partial charge in [-0.25, -0.2) is 0 Å².